The molecule has 0 atom stereocenters. The Morgan fingerprint density at radius 3 is 2.74 bits per heavy atom. The van der Waals surface area contributed by atoms with E-state index in [1.807, 2.05) is 24.3 Å². The van der Waals surface area contributed by atoms with Gasteiger partial charge in [-0.1, -0.05) is 55.8 Å². The first-order valence-electron chi connectivity index (χ1n) is 8.18. The monoisotopic (exact) mass is 348 g/mol. The van der Waals surface area contributed by atoms with Crippen molar-refractivity contribution in [3.8, 4) is 0 Å². The van der Waals surface area contributed by atoms with Crippen LogP contribution >= 0.6 is 23.8 Å². The molecule has 23 heavy (non-hydrogen) atoms. The number of halogens is 1. The van der Waals surface area contributed by atoms with Gasteiger partial charge < -0.3 is 0 Å². The van der Waals surface area contributed by atoms with Crippen LogP contribution in [0.1, 0.15) is 49.9 Å². The van der Waals surface area contributed by atoms with Crippen LogP contribution in [0.3, 0.4) is 0 Å². The van der Waals surface area contributed by atoms with Crippen molar-refractivity contribution in [2.75, 3.05) is 0 Å². The fraction of sp³-hybridized carbons (Fsp3) is 0.471. The summed E-state index contributed by atoms with van der Waals surface area (Å²) in [4.78, 5) is 0. The van der Waals surface area contributed by atoms with Gasteiger partial charge in [-0.25, -0.2) is 0 Å². The summed E-state index contributed by atoms with van der Waals surface area (Å²) in [5, 5.41) is 12.4. The molecule has 0 bridgehead atoms. The molecule has 6 heteroatoms. The van der Waals surface area contributed by atoms with Crippen LogP contribution in [0.15, 0.2) is 29.4 Å². The van der Waals surface area contributed by atoms with Crippen molar-refractivity contribution in [2.24, 2.45) is 11.0 Å². The smallest absolute Gasteiger partial charge is 0.216 e. The van der Waals surface area contributed by atoms with Crippen molar-refractivity contribution in [3.63, 3.8) is 0 Å². The van der Waals surface area contributed by atoms with E-state index >= 15 is 0 Å². The van der Waals surface area contributed by atoms with Crippen LogP contribution in [0, 0.1) is 10.7 Å². The number of nitrogens with zero attached hydrogens (tertiary/aromatic N) is 3. The van der Waals surface area contributed by atoms with E-state index in [9.17, 15) is 0 Å². The molecule has 1 aliphatic carbocycles. The maximum absolute atomic E-state index is 5.90. The molecule has 0 unspecified atom stereocenters. The van der Waals surface area contributed by atoms with Crippen molar-refractivity contribution in [2.45, 2.75) is 44.9 Å². The van der Waals surface area contributed by atoms with Gasteiger partial charge in [0.2, 0.25) is 4.77 Å². The average molecular weight is 349 g/mol. The number of hydrogen-bond donors (Lipinski definition) is 1. The molecule has 0 aliphatic heterocycles. The minimum atomic E-state index is 0.536. The van der Waals surface area contributed by atoms with Crippen LogP contribution in [-0.2, 0) is 6.42 Å². The Kier molecular flexibility index (Phi) is 5.62. The first-order chi connectivity index (χ1) is 11.2. The Morgan fingerprint density at radius 1 is 1.26 bits per heavy atom. The quantitative estimate of drug-likeness (QED) is 0.611. The van der Waals surface area contributed by atoms with Gasteiger partial charge in [0.15, 0.2) is 5.82 Å². The van der Waals surface area contributed by atoms with Gasteiger partial charge in [0.05, 0.1) is 6.21 Å². The van der Waals surface area contributed by atoms with E-state index in [0.29, 0.717) is 4.77 Å². The summed E-state index contributed by atoms with van der Waals surface area (Å²) in [6.45, 7) is 0. The predicted molar refractivity (Wildman–Crippen MR) is 96.8 cm³/mol. The van der Waals surface area contributed by atoms with E-state index in [2.05, 4.69) is 15.3 Å². The van der Waals surface area contributed by atoms with Gasteiger partial charge in [-0.2, -0.15) is 14.9 Å². The van der Waals surface area contributed by atoms with Crippen LogP contribution in [0.25, 0.3) is 0 Å². The van der Waals surface area contributed by atoms with Gasteiger partial charge in [0.1, 0.15) is 0 Å². The van der Waals surface area contributed by atoms with Crippen molar-refractivity contribution >= 4 is 30.0 Å². The van der Waals surface area contributed by atoms with Crippen molar-refractivity contribution in [1.82, 2.24) is 14.9 Å². The summed E-state index contributed by atoms with van der Waals surface area (Å²) in [5.74, 6) is 1.73. The maximum Gasteiger partial charge on any atom is 0.216 e. The molecule has 4 nitrogen and oxygen atoms in total. The summed E-state index contributed by atoms with van der Waals surface area (Å²) in [5.41, 5.74) is 0.982. The Labute approximate surface area is 146 Å². The summed E-state index contributed by atoms with van der Waals surface area (Å²) >= 11 is 11.2. The molecule has 1 N–H and O–H groups in total. The van der Waals surface area contributed by atoms with Gasteiger partial charge in [-0.3, -0.25) is 5.10 Å². The second kappa shape index (κ2) is 7.88. The van der Waals surface area contributed by atoms with Crippen molar-refractivity contribution in [1.29, 1.82) is 0 Å². The lowest BCUT2D eigenvalue weighted by Crippen LogP contribution is -2.09. The molecule has 1 aromatic carbocycles. The molecular weight excluding hydrogens is 328 g/mol. The minimum Gasteiger partial charge on any atom is -0.250 e. The maximum atomic E-state index is 5.90. The molecule has 1 fully saturated rings. The highest BCUT2D eigenvalue weighted by atomic mass is 35.5. The van der Waals surface area contributed by atoms with Crippen molar-refractivity contribution < 1.29 is 0 Å². The summed E-state index contributed by atoms with van der Waals surface area (Å²) in [6, 6.07) is 7.55. The molecule has 3 rings (SSSR count). The highest BCUT2D eigenvalue weighted by molar-refractivity contribution is 7.71. The zero-order chi connectivity index (χ0) is 16.1. The second-order valence-electron chi connectivity index (χ2n) is 6.10. The number of rotatable bonds is 5. The average Bonchev–Trinajstić information content (AvgIpc) is 2.93. The molecule has 0 radical (unpaired) electrons. The molecule has 0 amide bonds. The number of aromatic amines is 1. The third-order valence-electron chi connectivity index (χ3n) is 4.41. The number of benzene rings is 1. The third-order valence-corrected chi connectivity index (χ3v) is 4.93. The first kappa shape index (κ1) is 16.4. The molecule has 2 aromatic rings. The van der Waals surface area contributed by atoms with Crippen LogP contribution in [0.2, 0.25) is 5.02 Å². The lowest BCUT2D eigenvalue weighted by Gasteiger charge is -2.20. The normalized spacial score (nSPS) is 16.2. The highest BCUT2D eigenvalue weighted by Crippen LogP contribution is 2.27. The fourth-order valence-corrected chi connectivity index (χ4v) is 3.41. The molecule has 1 aliphatic rings. The number of H-pyrrole nitrogens is 1. The Hall–Kier alpha value is -1.46. The summed E-state index contributed by atoms with van der Waals surface area (Å²) in [7, 11) is 0. The van der Waals surface area contributed by atoms with E-state index in [4.69, 9.17) is 23.8 Å². The Morgan fingerprint density at radius 2 is 2.00 bits per heavy atom. The second-order valence-corrected chi connectivity index (χ2v) is 6.92. The fourth-order valence-electron chi connectivity index (χ4n) is 3.09. The lowest BCUT2D eigenvalue weighted by atomic mass is 9.86. The minimum absolute atomic E-state index is 0.536. The zero-order valence-electron chi connectivity index (χ0n) is 13.0. The molecule has 0 saturated heterocycles. The Bertz CT molecular complexity index is 711. The van der Waals surface area contributed by atoms with Gasteiger partial charge >= 0.3 is 0 Å². The number of aryl methyl sites for hydroxylation is 1. The standard InChI is InChI=1S/C17H21ClN4S/c18-15-9-6-14(7-10-15)12-19-22-16(20-21-17(22)23)11-8-13-4-2-1-3-5-13/h6-7,9-10,12-13H,1-5,8,11H2,(H,21,23)/b19-12-. The lowest BCUT2D eigenvalue weighted by molar-refractivity contribution is 0.336. The molecule has 1 aromatic heterocycles. The van der Waals surface area contributed by atoms with E-state index in [1.54, 1.807) is 10.9 Å². The molecule has 1 heterocycles. The molecule has 122 valence electrons. The van der Waals surface area contributed by atoms with Crippen molar-refractivity contribution in [3.05, 3.63) is 45.4 Å². The SMILES string of the molecule is S=c1[nH]nc(CCC2CCCCC2)n1/N=C\c1ccc(Cl)cc1. The first-order valence-corrected chi connectivity index (χ1v) is 8.97. The van der Waals surface area contributed by atoms with E-state index < -0.39 is 0 Å². The van der Waals surface area contributed by atoms with Gasteiger partial charge in [-0.05, 0) is 42.3 Å². The van der Waals surface area contributed by atoms with Crippen LogP contribution in [0.5, 0.6) is 0 Å². The third kappa shape index (κ3) is 4.52. The van der Waals surface area contributed by atoms with Gasteiger partial charge in [0.25, 0.3) is 0 Å². The predicted octanol–water partition coefficient (Wildman–Crippen LogP) is 4.99. The van der Waals surface area contributed by atoms with Crippen LogP contribution in [-0.4, -0.2) is 21.1 Å². The van der Waals surface area contributed by atoms with E-state index in [1.165, 1.54) is 32.1 Å². The Balaban J connectivity index is 1.68. The highest BCUT2D eigenvalue weighted by Gasteiger charge is 2.15. The molecular formula is C17H21ClN4S. The molecule has 0 spiro atoms. The summed E-state index contributed by atoms with van der Waals surface area (Å²) in [6.07, 6.45) is 10.7. The molecule has 1 saturated carbocycles. The topological polar surface area (TPSA) is 46.0 Å². The summed E-state index contributed by atoms with van der Waals surface area (Å²) < 4.78 is 2.26. The van der Waals surface area contributed by atoms with Gasteiger partial charge in [-0.15, -0.1) is 0 Å². The van der Waals surface area contributed by atoms with E-state index in [-0.39, 0.29) is 0 Å². The zero-order valence-corrected chi connectivity index (χ0v) is 14.6. The van der Waals surface area contributed by atoms with Crippen LogP contribution in [0.4, 0.5) is 0 Å². The van der Waals surface area contributed by atoms with Crippen LogP contribution < -0.4 is 0 Å². The number of nitrogens with one attached hydrogen (secondary N) is 1. The largest absolute Gasteiger partial charge is 0.250 e. The van der Waals surface area contributed by atoms with E-state index in [0.717, 1.165) is 35.2 Å². The van der Waals surface area contributed by atoms with Gasteiger partial charge in [0, 0.05) is 11.4 Å². The number of aromatic nitrogens is 3. The number of hydrogen-bond acceptors (Lipinski definition) is 3.